The number of rotatable bonds is 5. The molecule has 31 heavy (non-hydrogen) atoms. The lowest BCUT2D eigenvalue weighted by atomic mass is 9.87. The Balaban J connectivity index is 1.78. The van der Waals surface area contributed by atoms with Crippen LogP contribution in [-0.4, -0.2) is 17.6 Å². The number of nitrogens with zero attached hydrogens (tertiary/aromatic N) is 1. The fourth-order valence-electron chi connectivity index (χ4n) is 3.10. The van der Waals surface area contributed by atoms with E-state index < -0.39 is 23.6 Å². The van der Waals surface area contributed by atoms with Crippen LogP contribution in [0.15, 0.2) is 63.6 Å². The monoisotopic (exact) mass is 509 g/mol. The molecule has 2 aromatic carbocycles. The molecular formula is C21H15BrF3N3O2S. The van der Waals surface area contributed by atoms with E-state index in [-0.39, 0.29) is 28.8 Å². The minimum absolute atomic E-state index is 0.0779. The third-order valence-electron chi connectivity index (χ3n) is 4.46. The zero-order chi connectivity index (χ0) is 22.6. The van der Waals surface area contributed by atoms with Crippen LogP contribution < -0.4 is 10.6 Å². The highest BCUT2D eigenvalue weighted by molar-refractivity contribution is 9.10. The van der Waals surface area contributed by atoms with Gasteiger partial charge in [0.05, 0.1) is 33.7 Å². The summed E-state index contributed by atoms with van der Waals surface area (Å²) in [4.78, 5) is 24.5. The van der Waals surface area contributed by atoms with E-state index in [9.17, 15) is 28.0 Å². The van der Waals surface area contributed by atoms with Gasteiger partial charge in [0.1, 0.15) is 0 Å². The summed E-state index contributed by atoms with van der Waals surface area (Å²) in [6, 6.07) is 14.0. The number of alkyl halides is 3. The average Bonchev–Trinajstić information content (AvgIpc) is 2.71. The van der Waals surface area contributed by atoms with Crippen molar-refractivity contribution < 1.29 is 22.8 Å². The lowest BCUT2D eigenvalue weighted by molar-refractivity contribution is -0.137. The first-order valence-corrected chi connectivity index (χ1v) is 10.8. The maximum absolute atomic E-state index is 13.1. The van der Waals surface area contributed by atoms with Crippen LogP contribution in [0.3, 0.4) is 0 Å². The van der Waals surface area contributed by atoms with Crippen LogP contribution in [-0.2, 0) is 15.8 Å². The van der Waals surface area contributed by atoms with Gasteiger partial charge in [-0.15, -0.1) is 0 Å². The van der Waals surface area contributed by atoms with E-state index >= 15 is 0 Å². The molecule has 2 aromatic rings. The maximum Gasteiger partial charge on any atom is 0.418 e. The summed E-state index contributed by atoms with van der Waals surface area (Å²) >= 11 is 4.26. The highest BCUT2D eigenvalue weighted by Crippen LogP contribution is 2.37. The van der Waals surface area contributed by atoms with E-state index in [0.29, 0.717) is 5.57 Å². The number of hydrogen-bond donors (Lipinski definition) is 2. The molecular weight excluding hydrogens is 495 g/mol. The van der Waals surface area contributed by atoms with Gasteiger partial charge in [0, 0.05) is 16.8 Å². The third-order valence-corrected chi connectivity index (χ3v) is 5.97. The van der Waals surface area contributed by atoms with Crippen molar-refractivity contribution in [3.63, 3.8) is 0 Å². The van der Waals surface area contributed by atoms with Crippen molar-refractivity contribution >= 4 is 45.2 Å². The topological polar surface area (TPSA) is 82.0 Å². The number of thioether (sulfide) groups is 1. The molecule has 1 aliphatic heterocycles. The lowest BCUT2D eigenvalue weighted by Gasteiger charge is -2.25. The molecule has 0 radical (unpaired) electrons. The minimum Gasteiger partial charge on any atom is -0.325 e. The van der Waals surface area contributed by atoms with Crippen LogP contribution in [0.4, 0.5) is 18.9 Å². The summed E-state index contributed by atoms with van der Waals surface area (Å²) in [7, 11) is 0. The number of anilines is 1. The Labute approximate surface area is 188 Å². The van der Waals surface area contributed by atoms with Gasteiger partial charge in [0.2, 0.25) is 11.8 Å². The quantitative estimate of drug-likeness (QED) is 0.581. The standard InChI is InChI=1S/C21H15BrF3N3O2S/c22-13-5-3-4-12(8-13)14-9-18(29)28-20(15(14)10-26)31-11-19(30)27-17-7-2-1-6-16(17)21(23,24)25/h1-8,14H,9,11H2,(H,27,30)(H,28,29)/t14-/m0/s1. The number of amides is 2. The molecule has 3 rings (SSSR count). The Hall–Kier alpha value is -2.77. The first-order valence-electron chi connectivity index (χ1n) is 8.97. The van der Waals surface area contributed by atoms with Crippen LogP contribution in [0.2, 0.25) is 0 Å². The maximum atomic E-state index is 13.1. The van der Waals surface area contributed by atoms with Gasteiger partial charge in [0.25, 0.3) is 0 Å². The van der Waals surface area contributed by atoms with Gasteiger partial charge in [0.15, 0.2) is 0 Å². The van der Waals surface area contributed by atoms with Crippen LogP contribution in [0.5, 0.6) is 0 Å². The SMILES string of the molecule is N#CC1=C(SCC(=O)Nc2ccccc2C(F)(F)F)NC(=O)C[C@H]1c1cccc(Br)c1. The summed E-state index contributed by atoms with van der Waals surface area (Å²) in [5.41, 5.74) is -0.241. The number of carbonyl (C=O) groups excluding carboxylic acids is 2. The summed E-state index contributed by atoms with van der Waals surface area (Å²) in [5, 5.41) is 14.7. The molecule has 160 valence electrons. The van der Waals surface area contributed by atoms with Gasteiger partial charge in [-0.3, -0.25) is 9.59 Å². The summed E-state index contributed by atoms with van der Waals surface area (Å²) in [6.45, 7) is 0. The molecule has 0 bridgehead atoms. The Kier molecular flexibility index (Phi) is 7.08. The van der Waals surface area contributed by atoms with Crippen molar-refractivity contribution in [2.24, 2.45) is 0 Å². The van der Waals surface area contributed by atoms with Crippen LogP contribution >= 0.6 is 27.7 Å². The molecule has 2 amide bonds. The van der Waals surface area contributed by atoms with E-state index in [1.807, 2.05) is 12.1 Å². The first-order chi connectivity index (χ1) is 14.7. The van der Waals surface area contributed by atoms with Gasteiger partial charge in [-0.1, -0.05) is 52.0 Å². The predicted octanol–water partition coefficient (Wildman–Crippen LogP) is 5.18. The fourth-order valence-corrected chi connectivity index (χ4v) is 4.40. The molecule has 1 atom stereocenters. The fraction of sp³-hybridized carbons (Fsp3) is 0.190. The smallest absolute Gasteiger partial charge is 0.325 e. The van der Waals surface area contributed by atoms with Crippen molar-refractivity contribution in [3.05, 3.63) is 74.7 Å². The molecule has 1 heterocycles. The zero-order valence-electron chi connectivity index (χ0n) is 15.8. The molecule has 2 N–H and O–H groups in total. The van der Waals surface area contributed by atoms with E-state index in [0.717, 1.165) is 33.9 Å². The number of allylic oxidation sites excluding steroid dienone is 1. The predicted molar refractivity (Wildman–Crippen MR) is 115 cm³/mol. The molecule has 0 saturated carbocycles. The van der Waals surface area contributed by atoms with Gasteiger partial charge >= 0.3 is 6.18 Å². The van der Waals surface area contributed by atoms with Gasteiger partial charge in [-0.25, -0.2) is 0 Å². The number of nitriles is 1. The number of benzene rings is 2. The molecule has 0 aromatic heterocycles. The number of halogens is 4. The summed E-state index contributed by atoms with van der Waals surface area (Å²) < 4.78 is 40.1. The van der Waals surface area contributed by atoms with Gasteiger partial charge in [-0.05, 0) is 29.8 Å². The van der Waals surface area contributed by atoms with E-state index in [1.165, 1.54) is 12.1 Å². The van der Waals surface area contributed by atoms with Crippen molar-refractivity contribution in [1.29, 1.82) is 5.26 Å². The number of nitrogens with one attached hydrogen (secondary N) is 2. The van der Waals surface area contributed by atoms with Crippen molar-refractivity contribution in [2.75, 3.05) is 11.1 Å². The van der Waals surface area contributed by atoms with E-state index in [1.54, 1.807) is 12.1 Å². The first kappa shape index (κ1) is 22.9. The van der Waals surface area contributed by atoms with Crippen LogP contribution in [0.1, 0.15) is 23.5 Å². The summed E-state index contributed by atoms with van der Waals surface area (Å²) in [6.07, 6.45) is -4.53. The van der Waals surface area contributed by atoms with Crippen molar-refractivity contribution in [3.8, 4) is 6.07 Å². The molecule has 1 aliphatic rings. The molecule has 0 spiro atoms. The highest BCUT2D eigenvalue weighted by Gasteiger charge is 2.34. The second-order valence-corrected chi connectivity index (χ2v) is 8.50. The summed E-state index contributed by atoms with van der Waals surface area (Å²) in [5.74, 6) is -1.76. The average molecular weight is 510 g/mol. The van der Waals surface area contributed by atoms with E-state index in [2.05, 4.69) is 32.6 Å². The molecule has 0 fully saturated rings. The second kappa shape index (κ2) is 9.58. The molecule has 0 saturated heterocycles. The Morgan fingerprint density at radius 2 is 2.00 bits per heavy atom. The molecule has 0 unspecified atom stereocenters. The third kappa shape index (κ3) is 5.68. The van der Waals surface area contributed by atoms with Gasteiger partial charge in [-0.2, -0.15) is 18.4 Å². The van der Waals surface area contributed by atoms with Crippen molar-refractivity contribution in [1.82, 2.24) is 5.32 Å². The Bertz CT molecular complexity index is 1100. The second-order valence-electron chi connectivity index (χ2n) is 6.59. The van der Waals surface area contributed by atoms with E-state index in [4.69, 9.17) is 0 Å². The van der Waals surface area contributed by atoms with Crippen LogP contribution in [0.25, 0.3) is 0 Å². The lowest BCUT2D eigenvalue weighted by Crippen LogP contribution is -2.31. The highest BCUT2D eigenvalue weighted by atomic mass is 79.9. The molecule has 10 heteroatoms. The van der Waals surface area contributed by atoms with Gasteiger partial charge < -0.3 is 10.6 Å². The number of hydrogen-bond acceptors (Lipinski definition) is 4. The van der Waals surface area contributed by atoms with Crippen LogP contribution in [0, 0.1) is 11.3 Å². The number of carbonyl (C=O) groups is 2. The Morgan fingerprint density at radius 1 is 1.26 bits per heavy atom. The normalized spacial score (nSPS) is 16.5. The minimum atomic E-state index is -4.61. The largest absolute Gasteiger partial charge is 0.418 e. The molecule has 0 aliphatic carbocycles. The Morgan fingerprint density at radius 3 is 2.68 bits per heavy atom. The number of para-hydroxylation sites is 1. The molecule has 5 nitrogen and oxygen atoms in total. The zero-order valence-corrected chi connectivity index (χ0v) is 18.2. The van der Waals surface area contributed by atoms with Crippen molar-refractivity contribution in [2.45, 2.75) is 18.5 Å².